The van der Waals surface area contributed by atoms with Crippen molar-refractivity contribution in [3.05, 3.63) is 60.2 Å². The second-order valence-electron chi connectivity index (χ2n) is 6.11. The van der Waals surface area contributed by atoms with Crippen LogP contribution in [0.15, 0.2) is 54.6 Å². The summed E-state index contributed by atoms with van der Waals surface area (Å²) in [6.45, 7) is 2.73. The molecule has 2 nitrogen and oxygen atoms in total. The fraction of sp³-hybridized carbons (Fsp3) is 0.368. The quantitative estimate of drug-likeness (QED) is 0.841. The van der Waals surface area contributed by atoms with Crippen molar-refractivity contribution in [2.24, 2.45) is 0 Å². The molecule has 2 aromatic carbocycles. The van der Waals surface area contributed by atoms with Gasteiger partial charge >= 0.3 is 6.18 Å². The van der Waals surface area contributed by atoms with E-state index >= 15 is 0 Å². The molecule has 0 unspecified atom stereocenters. The number of halogens is 4. The summed E-state index contributed by atoms with van der Waals surface area (Å²) in [5.41, 5.74) is 2.71. The third-order valence-electron chi connectivity index (χ3n) is 4.40. The Morgan fingerprint density at radius 1 is 0.920 bits per heavy atom. The summed E-state index contributed by atoms with van der Waals surface area (Å²) in [6.07, 6.45) is -5.00. The van der Waals surface area contributed by atoms with Crippen molar-refractivity contribution in [1.29, 1.82) is 0 Å². The van der Waals surface area contributed by atoms with Crippen molar-refractivity contribution in [2.45, 2.75) is 18.6 Å². The average Bonchev–Trinajstić information content (AvgIpc) is 2.61. The van der Waals surface area contributed by atoms with Gasteiger partial charge < -0.3 is 5.32 Å². The second kappa shape index (κ2) is 8.70. The Balaban J connectivity index is 0.00000225. The van der Waals surface area contributed by atoms with Crippen LogP contribution < -0.4 is 5.32 Å². The molecule has 0 aliphatic carbocycles. The third-order valence-corrected chi connectivity index (χ3v) is 4.40. The molecule has 136 valence electrons. The molecule has 2 aromatic rings. The van der Waals surface area contributed by atoms with Crippen molar-refractivity contribution in [1.82, 2.24) is 10.2 Å². The smallest absolute Gasteiger partial charge is 0.314 e. The number of hydrogen-bond acceptors (Lipinski definition) is 2. The highest BCUT2D eigenvalue weighted by atomic mass is 35.5. The van der Waals surface area contributed by atoms with Crippen LogP contribution in [0.1, 0.15) is 18.0 Å². The molecule has 3 rings (SSSR count). The zero-order chi connectivity index (χ0) is 17.0. The number of benzene rings is 2. The Hall–Kier alpha value is -1.56. The molecular formula is C19H22ClF3N2. The number of piperazine rings is 1. The molecule has 1 atom stereocenters. The van der Waals surface area contributed by atoms with E-state index in [2.05, 4.69) is 5.32 Å². The van der Waals surface area contributed by atoms with Crippen molar-refractivity contribution in [3.8, 4) is 11.1 Å². The first-order chi connectivity index (χ1) is 11.5. The van der Waals surface area contributed by atoms with Crippen LogP contribution in [0.5, 0.6) is 0 Å². The molecule has 0 saturated carbocycles. The minimum absolute atomic E-state index is 0. The van der Waals surface area contributed by atoms with Gasteiger partial charge in [-0.2, -0.15) is 13.2 Å². The van der Waals surface area contributed by atoms with Gasteiger partial charge in [-0.1, -0.05) is 48.5 Å². The predicted molar refractivity (Wildman–Crippen MR) is 97.0 cm³/mol. The van der Waals surface area contributed by atoms with E-state index in [1.807, 2.05) is 59.5 Å². The number of nitrogens with one attached hydrogen (secondary N) is 1. The van der Waals surface area contributed by atoms with Crippen LogP contribution in [-0.2, 0) is 0 Å². The standard InChI is InChI=1S/C19H21F3N2.ClH/c20-19(21,22)14-18(24-11-9-23-10-12-24)17-8-4-7-16(13-17)15-5-2-1-3-6-15;/h1-8,13,18,23H,9-12,14H2;1H/t18-;/m0./s1. The molecule has 1 fully saturated rings. The van der Waals surface area contributed by atoms with E-state index in [1.165, 1.54) is 0 Å². The monoisotopic (exact) mass is 370 g/mol. The van der Waals surface area contributed by atoms with Crippen LogP contribution in [0.2, 0.25) is 0 Å². The van der Waals surface area contributed by atoms with Gasteiger partial charge in [0.1, 0.15) is 0 Å². The maximum atomic E-state index is 13.1. The minimum atomic E-state index is -4.18. The van der Waals surface area contributed by atoms with E-state index in [0.29, 0.717) is 13.1 Å². The molecule has 1 N–H and O–H groups in total. The van der Waals surface area contributed by atoms with Crippen LogP contribution in [0, 0.1) is 0 Å². The molecule has 1 aliphatic heterocycles. The SMILES string of the molecule is Cl.FC(F)(F)C[C@@H](c1cccc(-c2ccccc2)c1)N1CCNCC1. The Kier molecular flexibility index (Phi) is 6.87. The van der Waals surface area contributed by atoms with Gasteiger partial charge in [-0.25, -0.2) is 0 Å². The van der Waals surface area contributed by atoms with Gasteiger partial charge in [0, 0.05) is 32.2 Å². The third kappa shape index (κ3) is 5.46. The lowest BCUT2D eigenvalue weighted by Gasteiger charge is -2.35. The second-order valence-corrected chi connectivity index (χ2v) is 6.11. The van der Waals surface area contributed by atoms with Crippen LogP contribution in [-0.4, -0.2) is 37.3 Å². The fourth-order valence-corrected chi connectivity index (χ4v) is 3.23. The van der Waals surface area contributed by atoms with Crippen LogP contribution in [0.3, 0.4) is 0 Å². The van der Waals surface area contributed by atoms with E-state index in [-0.39, 0.29) is 12.4 Å². The summed E-state index contributed by atoms with van der Waals surface area (Å²) in [6, 6.07) is 16.6. The first-order valence-corrected chi connectivity index (χ1v) is 8.20. The molecule has 6 heteroatoms. The summed E-state index contributed by atoms with van der Waals surface area (Å²) < 4.78 is 39.4. The molecule has 0 aromatic heterocycles. The summed E-state index contributed by atoms with van der Waals surface area (Å²) in [5, 5.41) is 3.20. The van der Waals surface area contributed by atoms with Gasteiger partial charge in [-0.3, -0.25) is 4.90 Å². The topological polar surface area (TPSA) is 15.3 Å². The summed E-state index contributed by atoms with van der Waals surface area (Å²) in [5.74, 6) is 0. The molecule has 0 amide bonds. The number of nitrogens with zero attached hydrogens (tertiary/aromatic N) is 1. The highest BCUT2D eigenvalue weighted by Gasteiger charge is 2.36. The molecule has 1 saturated heterocycles. The normalized spacial score (nSPS) is 16.9. The van der Waals surface area contributed by atoms with Crippen molar-refractivity contribution in [2.75, 3.05) is 26.2 Å². The Morgan fingerprint density at radius 3 is 2.20 bits per heavy atom. The molecule has 25 heavy (non-hydrogen) atoms. The zero-order valence-corrected chi connectivity index (χ0v) is 14.6. The van der Waals surface area contributed by atoms with Crippen molar-refractivity contribution in [3.63, 3.8) is 0 Å². The maximum Gasteiger partial charge on any atom is 0.390 e. The fourth-order valence-electron chi connectivity index (χ4n) is 3.23. The number of hydrogen-bond donors (Lipinski definition) is 1. The molecule has 0 bridgehead atoms. The highest BCUT2D eigenvalue weighted by molar-refractivity contribution is 5.85. The summed E-state index contributed by atoms with van der Waals surface area (Å²) in [4.78, 5) is 1.94. The minimum Gasteiger partial charge on any atom is -0.314 e. The number of alkyl halides is 3. The van der Waals surface area contributed by atoms with Crippen LogP contribution >= 0.6 is 12.4 Å². The van der Waals surface area contributed by atoms with Crippen LogP contribution in [0.25, 0.3) is 11.1 Å². The van der Waals surface area contributed by atoms with Crippen molar-refractivity contribution >= 4 is 12.4 Å². The van der Waals surface area contributed by atoms with E-state index < -0.39 is 18.6 Å². The Morgan fingerprint density at radius 2 is 1.56 bits per heavy atom. The molecule has 1 heterocycles. The van der Waals surface area contributed by atoms with Gasteiger partial charge in [0.25, 0.3) is 0 Å². The van der Waals surface area contributed by atoms with Gasteiger partial charge in [0.15, 0.2) is 0 Å². The van der Waals surface area contributed by atoms with E-state index in [4.69, 9.17) is 0 Å². The van der Waals surface area contributed by atoms with Gasteiger partial charge in [-0.15, -0.1) is 12.4 Å². The molecule has 0 spiro atoms. The zero-order valence-electron chi connectivity index (χ0n) is 13.8. The summed E-state index contributed by atoms with van der Waals surface area (Å²) in [7, 11) is 0. The summed E-state index contributed by atoms with van der Waals surface area (Å²) >= 11 is 0. The van der Waals surface area contributed by atoms with Crippen molar-refractivity contribution < 1.29 is 13.2 Å². The molecule has 0 radical (unpaired) electrons. The lowest BCUT2D eigenvalue weighted by Crippen LogP contribution is -2.46. The lowest BCUT2D eigenvalue weighted by molar-refractivity contribution is -0.148. The lowest BCUT2D eigenvalue weighted by atomic mass is 9.96. The van der Waals surface area contributed by atoms with Gasteiger partial charge in [0.05, 0.1) is 6.42 Å². The van der Waals surface area contributed by atoms with E-state index in [0.717, 1.165) is 29.8 Å². The molecular weight excluding hydrogens is 349 g/mol. The molecule has 1 aliphatic rings. The first-order valence-electron chi connectivity index (χ1n) is 8.20. The maximum absolute atomic E-state index is 13.1. The Labute approximate surface area is 152 Å². The van der Waals surface area contributed by atoms with E-state index in [1.54, 1.807) is 0 Å². The largest absolute Gasteiger partial charge is 0.390 e. The van der Waals surface area contributed by atoms with Gasteiger partial charge in [-0.05, 0) is 22.8 Å². The Bertz CT molecular complexity index is 655. The first kappa shape index (κ1) is 19.8. The van der Waals surface area contributed by atoms with E-state index in [9.17, 15) is 13.2 Å². The van der Waals surface area contributed by atoms with Gasteiger partial charge in [0.2, 0.25) is 0 Å². The number of rotatable bonds is 4. The highest BCUT2D eigenvalue weighted by Crippen LogP contribution is 2.35. The van der Waals surface area contributed by atoms with Crippen LogP contribution in [0.4, 0.5) is 13.2 Å². The predicted octanol–water partition coefficient (Wildman–Crippen LogP) is 4.67. The average molecular weight is 371 g/mol.